The topological polar surface area (TPSA) is 64.3 Å². The van der Waals surface area contributed by atoms with Gasteiger partial charge in [-0.25, -0.2) is 0 Å². The SMILES string of the molecule is COc1ccc(Br)c(C(=O)NC2CCCCC2N)c1. The maximum atomic E-state index is 12.3. The van der Waals surface area contributed by atoms with Gasteiger partial charge in [0.15, 0.2) is 0 Å². The Morgan fingerprint density at radius 3 is 2.84 bits per heavy atom. The molecule has 0 heterocycles. The number of benzene rings is 1. The van der Waals surface area contributed by atoms with E-state index in [0.717, 1.165) is 30.2 Å². The van der Waals surface area contributed by atoms with Gasteiger partial charge in [-0.2, -0.15) is 0 Å². The number of hydrogen-bond donors (Lipinski definition) is 2. The summed E-state index contributed by atoms with van der Waals surface area (Å²) >= 11 is 3.39. The fraction of sp³-hybridized carbons (Fsp3) is 0.500. The molecule has 5 heteroatoms. The van der Waals surface area contributed by atoms with Crippen molar-refractivity contribution < 1.29 is 9.53 Å². The van der Waals surface area contributed by atoms with Gasteiger partial charge < -0.3 is 15.8 Å². The number of methoxy groups -OCH3 is 1. The van der Waals surface area contributed by atoms with E-state index < -0.39 is 0 Å². The summed E-state index contributed by atoms with van der Waals surface area (Å²) in [5.74, 6) is 0.564. The molecule has 1 fully saturated rings. The Balaban J connectivity index is 2.10. The molecule has 1 aromatic rings. The van der Waals surface area contributed by atoms with Gasteiger partial charge in [0.2, 0.25) is 0 Å². The standard InChI is InChI=1S/C14H19BrN2O2/c1-19-9-6-7-11(15)10(8-9)14(18)17-13-5-3-2-4-12(13)16/h6-8,12-13H,2-5,16H2,1H3,(H,17,18). The molecule has 3 N–H and O–H groups in total. The predicted octanol–water partition coefficient (Wildman–Crippen LogP) is 2.46. The lowest BCUT2D eigenvalue weighted by Gasteiger charge is -2.29. The molecule has 0 aromatic heterocycles. The molecule has 2 unspecified atom stereocenters. The number of ether oxygens (including phenoxy) is 1. The van der Waals surface area contributed by atoms with E-state index in [2.05, 4.69) is 21.2 Å². The lowest BCUT2D eigenvalue weighted by Crippen LogP contribution is -2.49. The van der Waals surface area contributed by atoms with E-state index in [1.54, 1.807) is 13.2 Å². The highest BCUT2D eigenvalue weighted by molar-refractivity contribution is 9.10. The number of hydrogen-bond acceptors (Lipinski definition) is 3. The predicted molar refractivity (Wildman–Crippen MR) is 78.4 cm³/mol. The molecule has 104 valence electrons. The van der Waals surface area contributed by atoms with Crippen LogP contribution in [-0.2, 0) is 0 Å². The van der Waals surface area contributed by atoms with Crippen molar-refractivity contribution in [1.29, 1.82) is 0 Å². The summed E-state index contributed by atoms with van der Waals surface area (Å²) in [6.45, 7) is 0. The van der Waals surface area contributed by atoms with Crippen LogP contribution in [0.2, 0.25) is 0 Å². The minimum Gasteiger partial charge on any atom is -0.497 e. The molecule has 1 aliphatic rings. The van der Waals surface area contributed by atoms with Gasteiger partial charge in [0.05, 0.1) is 12.7 Å². The number of amides is 1. The van der Waals surface area contributed by atoms with E-state index in [1.165, 1.54) is 0 Å². The highest BCUT2D eigenvalue weighted by atomic mass is 79.9. The molecule has 0 bridgehead atoms. The third kappa shape index (κ3) is 3.48. The van der Waals surface area contributed by atoms with Crippen LogP contribution in [0, 0.1) is 0 Å². The maximum absolute atomic E-state index is 12.3. The molecule has 19 heavy (non-hydrogen) atoms. The third-order valence-corrected chi connectivity index (χ3v) is 4.25. The first kappa shape index (κ1) is 14.3. The number of rotatable bonds is 3. The highest BCUT2D eigenvalue weighted by Gasteiger charge is 2.24. The van der Waals surface area contributed by atoms with Gasteiger partial charge >= 0.3 is 0 Å². The lowest BCUT2D eigenvalue weighted by molar-refractivity contribution is 0.0920. The molecule has 2 rings (SSSR count). The normalized spacial score (nSPS) is 22.9. The average molecular weight is 327 g/mol. The molecule has 0 aliphatic heterocycles. The highest BCUT2D eigenvalue weighted by Crippen LogP contribution is 2.23. The van der Waals surface area contributed by atoms with Crippen LogP contribution in [0.3, 0.4) is 0 Å². The Bertz CT molecular complexity index is 465. The molecule has 1 aromatic carbocycles. The van der Waals surface area contributed by atoms with E-state index in [0.29, 0.717) is 11.3 Å². The van der Waals surface area contributed by atoms with Crippen LogP contribution in [0.25, 0.3) is 0 Å². The number of carbonyl (C=O) groups is 1. The van der Waals surface area contributed by atoms with E-state index in [4.69, 9.17) is 10.5 Å². The van der Waals surface area contributed by atoms with Gasteiger partial charge in [-0.1, -0.05) is 12.8 Å². The second-order valence-electron chi connectivity index (χ2n) is 4.87. The van der Waals surface area contributed by atoms with Crippen molar-refractivity contribution in [1.82, 2.24) is 5.32 Å². The van der Waals surface area contributed by atoms with Gasteiger partial charge in [-0.3, -0.25) is 4.79 Å². The largest absolute Gasteiger partial charge is 0.497 e. The van der Waals surface area contributed by atoms with Crippen molar-refractivity contribution >= 4 is 21.8 Å². The molecule has 1 aliphatic carbocycles. The Hall–Kier alpha value is -1.07. The number of carbonyl (C=O) groups excluding carboxylic acids is 1. The first-order valence-corrected chi connectivity index (χ1v) is 7.31. The van der Waals surface area contributed by atoms with Crippen LogP contribution in [0.15, 0.2) is 22.7 Å². The van der Waals surface area contributed by atoms with Gasteiger partial charge in [-0.15, -0.1) is 0 Å². The van der Waals surface area contributed by atoms with E-state index >= 15 is 0 Å². The Morgan fingerprint density at radius 1 is 1.42 bits per heavy atom. The molecule has 0 spiro atoms. The summed E-state index contributed by atoms with van der Waals surface area (Å²) in [5.41, 5.74) is 6.63. The van der Waals surface area contributed by atoms with Crippen LogP contribution < -0.4 is 15.8 Å². The quantitative estimate of drug-likeness (QED) is 0.896. The number of nitrogens with two attached hydrogens (primary N) is 1. The van der Waals surface area contributed by atoms with Crippen molar-refractivity contribution in [3.8, 4) is 5.75 Å². The monoisotopic (exact) mass is 326 g/mol. The first-order chi connectivity index (χ1) is 9.11. The minimum absolute atomic E-state index is 0.0575. The van der Waals surface area contributed by atoms with Gasteiger partial charge in [0.1, 0.15) is 5.75 Å². The average Bonchev–Trinajstić information content (AvgIpc) is 2.42. The summed E-state index contributed by atoms with van der Waals surface area (Å²) in [4.78, 5) is 12.3. The zero-order valence-electron chi connectivity index (χ0n) is 11.0. The van der Waals surface area contributed by atoms with Crippen molar-refractivity contribution in [3.05, 3.63) is 28.2 Å². The molecule has 0 radical (unpaired) electrons. The maximum Gasteiger partial charge on any atom is 0.252 e. The van der Waals surface area contributed by atoms with Crippen molar-refractivity contribution in [2.45, 2.75) is 37.8 Å². The molecule has 4 nitrogen and oxygen atoms in total. The fourth-order valence-corrected chi connectivity index (χ4v) is 2.82. The molecule has 2 atom stereocenters. The lowest BCUT2D eigenvalue weighted by atomic mass is 9.91. The van der Waals surface area contributed by atoms with Crippen LogP contribution in [0.4, 0.5) is 0 Å². The van der Waals surface area contributed by atoms with E-state index in [1.807, 2.05) is 12.1 Å². The number of halogens is 1. The summed E-state index contributed by atoms with van der Waals surface area (Å²) in [6, 6.07) is 5.48. The summed E-state index contributed by atoms with van der Waals surface area (Å²) < 4.78 is 5.91. The van der Waals surface area contributed by atoms with Crippen molar-refractivity contribution in [3.63, 3.8) is 0 Å². The van der Waals surface area contributed by atoms with Gasteiger partial charge in [-0.05, 0) is 47.0 Å². The molecular formula is C14H19BrN2O2. The Labute approximate surface area is 121 Å². The molecule has 1 amide bonds. The summed E-state index contributed by atoms with van der Waals surface area (Å²) in [6.07, 6.45) is 4.20. The fourth-order valence-electron chi connectivity index (χ4n) is 2.39. The minimum atomic E-state index is -0.104. The second kappa shape index (κ2) is 6.39. The third-order valence-electron chi connectivity index (χ3n) is 3.55. The van der Waals surface area contributed by atoms with Crippen LogP contribution in [-0.4, -0.2) is 25.1 Å². The second-order valence-corrected chi connectivity index (χ2v) is 5.73. The zero-order valence-corrected chi connectivity index (χ0v) is 12.6. The summed E-state index contributed by atoms with van der Waals surface area (Å²) in [7, 11) is 1.59. The summed E-state index contributed by atoms with van der Waals surface area (Å²) in [5, 5.41) is 3.03. The Morgan fingerprint density at radius 2 is 2.16 bits per heavy atom. The molecule has 0 saturated heterocycles. The van der Waals surface area contributed by atoms with Crippen molar-refractivity contribution in [2.24, 2.45) is 5.73 Å². The van der Waals surface area contributed by atoms with Crippen LogP contribution in [0.1, 0.15) is 36.0 Å². The number of nitrogens with one attached hydrogen (secondary N) is 1. The molecule has 1 saturated carbocycles. The first-order valence-electron chi connectivity index (χ1n) is 6.52. The van der Waals surface area contributed by atoms with Crippen LogP contribution >= 0.6 is 15.9 Å². The zero-order chi connectivity index (χ0) is 13.8. The van der Waals surface area contributed by atoms with Gasteiger partial charge in [0.25, 0.3) is 5.91 Å². The van der Waals surface area contributed by atoms with Gasteiger partial charge in [0, 0.05) is 16.6 Å². The Kier molecular flexibility index (Phi) is 4.82. The van der Waals surface area contributed by atoms with Crippen molar-refractivity contribution in [2.75, 3.05) is 7.11 Å². The van der Waals surface area contributed by atoms with E-state index in [9.17, 15) is 4.79 Å². The van der Waals surface area contributed by atoms with Crippen LogP contribution in [0.5, 0.6) is 5.75 Å². The van der Waals surface area contributed by atoms with E-state index in [-0.39, 0.29) is 18.0 Å². The molecular weight excluding hydrogens is 308 g/mol. The smallest absolute Gasteiger partial charge is 0.252 e.